The second-order valence-corrected chi connectivity index (χ2v) is 10.5. The van der Waals surface area contributed by atoms with Crippen molar-refractivity contribution in [3.63, 3.8) is 0 Å². The Balaban J connectivity index is 1.36. The lowest BCUT2D eigenvalue weighted by atomic mass is 9.92. The van der Waals surface area contributed by atoms with Crippen LogP contribution in [-0.2, 0) is 4.79 Å². The first-order chi connectivity index (χ1) is 18.2. The number of H-pyrrole nitrogens is 2. The third kappa shape index (κ3) is 4.49. The number of anilines is 1. The summed E-state index contributed by atoms with van der Waals surface area (Å²) in [5.74, 6) is 0.553. The number of imidazole rings is 2. The lowest BCUT2D eigenvalue weighted by Crippen LogP contribution is -2.19. The molecule has 190 valence electrons. The number of amides is 1. The van der Waals surface area contributed by atoms with Gasteiger partial charge in [0.2, 0.25) is 5.91 Å². The summed E-state index contributed by atoms with van der Waals surface area (Å²) < 4.78 is 1.90. The normalized spacial score (nSPS) is 11.9. The number of hydrogen-bond acceptors (Lipinski definition) is 7. The summed E-state index contributed by atoms with van der Waals surface area (Å²) in [6.45, 7) is 8.02. The molecule has 0 atom stereocenters. The first-order valence-corrected chi connectivity index (χ1v) is 12.2. The molecular weight excluding hydrogens is 480 g/mol. The molecule has 0 fully saturated rings. The van der Waals surface area contributed by atoms with Crippen LogP contribution in [0.1, 0.15) is 32.9 Å². The number of carbonyl (C=O) groups is 1. The van der Waals surface area contributed by atoms with Gasteiger partial charge in [0, 0.05) is 29.8 Å². The van der Waals surface area contributed by atoms with Gasteiger partial charge in [0.15, 0.2) is 5.82 Å². The molecule has 6 heterocycles. The van der Waals surface area contributed by atoms with Crippen LogP contribution in [0.25, 0.3) is 50.4 Å². The average molecular weight is 507 g/mol. The number of fused-ring (bicyclic) bond motifs is 2. The lowest BCUT2D eigenvalue weighted by molar-refractivity contribution is -0.117. The van der Waals surface area contributed by atoms with Crippen LogP contribution in [0.3, 0.4) is 0 Å². The van der Waals surface area contributed by atoms with Crippen molar-refractivity contribution >= 4 is 33.5 Å². The van der Waals surface area contributed by atoms with Crippen molar-refractivity contribution in [1.29, 1.82) is 0 Å². The Hall–Kier alpha value is -4.93. The second-order valence-electron chi connectivity index (χ2n) is 10.5. The molecule has 0 bridgehead atoms. The molecule has 6 rings (SSSR count). The molecule has 11 heteroatoms. The van der Waals surface area contributed by atoms with Crippen molar-refractivity contribution in [2.24, 2.45) is 5.41 Å². The molecule has 38 heavy (non-hydrogen) atoms. The van der Waals surface area contributed by atoms with Crippen LogP contribution in [0.5, 0.6) is 0 Å². The van der Waals surface area contributed by atoms with Crippen molar-refractivity contribution in [2.45, 2.75) is 34.1 Å². The molecule has 11 nitrogen and oxygen atoms in total. The van der Waals surface area contributed by atoms with Gasteiger partial charge in [0.25, 0.3) is 0 Å². The molecule has 0 aliphatic carbocycles. The van der Waals surface area contributed by atoms with Gasteiger partial charge in [-0.2, -0.15) is 5.10 Å². The van der Waals surface area contributed by atoms with Crippen LogP contribution >= 0.6 is 0 Å². The van der Waals surface area contributed by atoms with E-state index in [2.05, 4.69) is 40.4 Å². The van der Waals surface area contributed by atoms with Gasteiger partial charge >= 0.3 is 0 Å². The van der Waals surface area contributed by atoms with Crippen molar-refractivity contribution < 1.29 is 4.79 Å². The Morgan fingerprint density at radius 2 is 1.87 bits per heavy atom. The van der Waals surface area contributed by atoms with E-state index in [-0.39, 0.29) is 11.3 Å². The van der Waals surface area contributed by atoms with E-state index in [4.69, 9.17) is 4.98 Å². The molecule has 0 unspecified atom stereocenters. The number of hydrogen-bond donors (Lipinski definition) is 3. The van der Waals surface area contributed by atoms with Crippen LogP contribution < -0.4 is 5.32 Å². The highest BCUT2D eigenvalue weighted by molar-refractivity contribution is 5.96. The SMILES string of the molecule is Cc1cn(-c2cncc3[nH]c(-c4n[nH]c5cnc(-c6cncc(NC(=O)CC(C)(C)C)c6)cc45)nc23)cn1. The largest absolute Gasteiger partial charge is 0.335 e. The fourth-order valence-electron chi connectivity index (χ4n) is 4.36. The van der Waals surface area contributed by atoms with Crippen molar-refractivity contribution in [3.05, 3.63) is 61.3 Å². The Kier molecular flexibility index (Phi) is 5.48. The van der Waals surface area contributed by atoms with Gasteiger partial charge in [-0.1, -0.05) is 20.8 Å². The zero-order valence-electron chi connectivity index (χ0n) is 21.4. The van der Waals surface area contributed by atoms with E-state index < -0.39 is 0 Å². The van der Waals surface area contributed by atoms with Crippen LogP contribution in [0.4, 0.5) is 5.69 Å². The molecule has 6 aromatic rings. The number of pyridine rings is 3. The first-order valence-electron chi connectivity index (χ1n) is 12.2. The van der Waals surface area contributed by atoms with Crippen molar-refractivity contribution in [1.82, 2.24) is 44.7 Å². The van der Waals surface area contributed by atoms with E-state index in [1.807, 2.05) is 50.6 Å². The molecule has 0 aliphatic heterocycles. The van der Waals surface area contributed by atoms with E-state index in [0.717, 1.165) is 38.9 Å². The van der Waals surface area contributed by atoms with Gasteiger partial charge in [-0.15, -0.1) is 0 Å². The Morgan fingerprint density at radius 1 is 1.03 bits per heavy atom. The summed E-state index contributed by atoms with van der Waals surface area (Å²) in [4.78, 5) is 38.2. The zero-order valence-corrected chi connectivity index (χ0v) is 21.4. The van der Waals surface area contributed by atoms with Gasteiger partial charge in [-0.05, 0) is 24.5 Å². The first kappa shape index (κ1) is 23.5. The maximum absolute atomic E-state index is 12.4. The minimum Gasteiger partial charge on any atom is -0.335 e. The van der Waals surface area contributed by atoms with Crippen LogP contribution in [0, 0.1) is 12.3 Å². The van der Waals surface area contributed by atoms with E-state index >= 15 is 0 Å². The van der Waals surface area contributed by atoms with Crippen LogP contribution in [-0.4, -0.2) is 50.6 Å². The number of aryl methyl sites for hydroxylation is 1. The predicted octanol–water partition coefficient (Wildman–Crippen LogP) is 4.83. The Morgan fingerprint density at radius 3 is 2.66 bits per heavy atom. The second kappa shape index (κ2) is 8.87. The summed E-state index contributed by atoms with van der Waals surface area (Å²) in [6, 6.07) is 3.81. The van der Waals surface area contributed by atoms with Crippen LogP contribution in [0.15, 0.2) is 55.6 Å². The van der Waals surface area contributed by atoms with Gasteiger partial charge in [0.05, 0.1) is 64.9 Å². The molecule has 0 radical (unpaired) electrons. The summed E-state index contributed by atoms with van der Waals surface area (Å²) >= 11 is 0. The molecule has 0 spiro atoms. The maximum atomic E-state index is 12.4. The third-order valence-corrected chi connectivity index (χ3v) is 6.04. The monoisotopic (exact) mass is 506 g/mol. The van der Waals surface area contributed by atoms with Gasteiger partial charge in [0.1, 0.15) is 11.2 Å². The third-order valence-electron chi connectivity index (χ3n) is 6.04. The predicted molar refractivity (Wildman–Crippen MR) is 145 cm³/mol. The number of aromatic amines is 2. The highest BCUT2D eigenvalue weighted by Gasteiger charge is 2.18. The number of nitrogens with zero attached hydrogens (tertiary/aromatic N) is 7. The molecule has 0 aliphatic rings. The molecule has 0 saturated carbocycles. The summed E-state index contributed by atoms with van der Waals surface area (Å²) in [6.07, 6.45) is 12.7. The van der Waals surface area contributed by atoms with E-state index in [1.54, 1.807) is 37.3 Å². The van der Waals surface area contributed by atoms with Gasteiger partial charge in [-0.3, -0.25) is 24.8 Å². The Bertz CT molecular complexity index is 1800. The minimum atomic E-state index is -0.107. The summed E-state index contributed by atoms with van der Waals surface area (Å²) in [5, 5.41) is 11.4. The van der Waals surface area contributed by atoms with Gasteiger partial charge in [-0.25, -0.2) is 9.97 Å². The molecule has 0 saturated heterocycles. The summed E-state index contributed by atoms with van der Waals surface area (Å²) in [7, 11) is 0. The van der Waals surface area contributed by atoms with Gasteiger partial charge < -0.3 is 14.9 Å². The van der Waals surface area contributed by atoms with E-state index in [1.165, 1.54) is 0 Å². The number of aromatic nitrogens is 9. The molecule has 0 aromatic carbocycles. The lowest BCUT2D eigenvalue weighted by Gasteiger charge is -2.17. The highest BCUT2D eigenvalue weighted by Crippen LogP contribution is 2.31. The fourth-order valence-corrected chi connectivity index (χ4v) is 4.36. The Labute approximate surface area is 217 Å². The van der Waals surface area contributed by atoms with E-state index in [9.17, 15) is 4.79 Å². The zero-order chi connectivity index (χ0) is 26.4. The van der Waals surface area contributed by atoms with Crippen LogP contribution in [0.2, 0.25) is 0 Å². The topological polar surface area (TPSA) is 143 Å². The minimum absolute atomic E-state index is 0.0541. The number of nitrogens with one attached hydrogen (secondary N) is 3. The number of rotatable bonds is 5. The fraction of sp³-hybridized carbons (Fsp3) is 0.222. The maximum Gasteiger partial charge on any atom is 0.224 e. The molecule has 6 aromatic heterocycles. The quantitative estimate of drug-likeness (QED) is 0.304. The van der Waals surface area contributed by atoms with Crippen molar-refractivity contribution in [3.8, 4) is 28.5 Å². The molecular formula is C27H26N10O. The molecule has 3 N–H and O–H groups in total. The van der Waals surface area contributed by atoms with E-state index in [0.29, 0.717) is 29.3 Å². The standard InChI is InChI=1S/C27H26N10O/c1-15-13-37(14-31-15)22-12-29-10-21-25(22)34-26(33-21)24-18-6-19(30-11-20(18)35-36-24)16-5-17(9-28-8-16)32-23(38)7-27(2,3)4/h5-6,8-14H,7H2,1-4H3,(H,32,38)(H,33,34)(H,35,36). The highest BCUT2D eigenvalue weighted by atomic mass is 16.1. The number of carbonyl (C=O) groups excluding carboxylic acids is 1. The summed E-state index contributed by atoms with van der Waals surface area (Å²) in [5.41, 5.74) is 6.71. The molecule has 1 amide bonds. The van der Waals surface area contributed by atoms with Crippen molar-refractivity contribution in [2.75, 3.05) is 5.32 Å². The smallest absolute Gasteiger partial charge is 0.224 e. The average Bonchev–Trinajstić information content (AvgIpc) is 3.60.